The lowest BCUT2D eigenvalue weighted by molar-refractivity contribution is 0.360. The average molecular weight is 773 g/mol. The zero-order valence-corrected chi connectivity index (χ0v) is 32.9. The first kappa shape index (κ1) is 34.2. The number of hydrogen-bond donors (Lipinski definition) is 0. The summed E-state index contributed by atoms with van der Waals surface area (Å²) in [6.07, 6.45) is 0. The molecular formula is C54H36N4O2. The minimum absolute atomic E-state index is 0.147. The van der Waals surface area contributed by atoms with Crippen molar-refractivity contribution in [3.05, 3.63) is 193 Å². The molecular weight excluding hydrogens is 737 g/mol. The molecule has 6 nitrogen and oxygen atoms in total. The zero-order valence-electron chi connectivity index (χ0n) is 32.9. The molecule has 284 valence electrons. The molecule has 10 aromatic rings. The van der Waals surface area contributed by atoms with Crippen LogP contribution in [0.15, 0.2) is 182 Å². The Hall–Kier alpha value is -7.83. The van der Waals surface area contributed by atoms with Crippen LogP contribution in [0.4, 0.5) is 0 Å². The topological polar surface area (TPSA) is 62.1 Å². The van der Waals surface area contributed by atoms with Gasteiger partial charge in [0.1, 0.15) is 0 Å². The van der Waals surface area contributed by atoms with Crippen LogP contribution in [0.3, 0.4) is 0 Å². The molecule has 3 heterocycles. The van der Waals surface area contributed by atoms with Gasteiger partial charge in [0.05, 0.1) is 11.0 Å². The van der Waals surface area contributed by atoms with Crippen molar-refractivity contribution in [1.29, 1.82) is 0 Å². The molecule has 0 amide bonds. The van der Waals surface area contributed by atoms with Crippen LogP contribution >= 0.6 is 0 Å². The van der Waals surface area contributed by atoms with Gasteiger partial charge in [0.25, 0.3) is 0 Å². The molecule has 0 N–H and O–H groups in total. The van der Waals surface area contributed by atoms with Gasteiger partial charge in [0.2, 0.25) is 0 Å². The number of benzene rings is 8. The Morgan fingerprint density at radius 3 is 1.62 bits per heavy atom. The Morgan fingerprint density at radius 1 is 0.400 bits per heavy atom. The molecule has 8 aromatic carbocycles. The molecule has 2 aliphatic rings. The van der Waals surface area contributed by atoms with Crippen LogP contribution in [0.5, 0.6) is 23.0 Å². The number of fused-ring (bicyclic) bond motifs is 8. The predicted molar refractivity (Wildman–Crippen MR) is 240 cm³/mol. The smallest absolute Gasteiger partial charge is 0.177 e. The summed E-state index contributed by atoms with van der Waals surface area (Å²) >= 11 is 0. The first-order valence-electron chi connectivity index (χ1n) is 20.3. The summed E-state index contributed by atoms with van der Waals surface area (Å²) in [5, 5.41) is 2.46. The Bertz CT molecular complexity index is 3280. The molecule has 0 radical (unpaired) electrons. The van der Waals surface area contributed by atoms with Gasteiger partial charge in [-0.25, -0.2) is 15.0 Å². The van der Waals surface area contributed by atoms with E-state index in [4.69, 9.17) is 24.4 Å². The third-order valence-corrected chi connectivity index (χ3v) is 12.1. The highest BCUT2D eigenvalue weighted by molar-refractivity contribution is 6.09. The van der Waals surface area contributed by atoms with E-state index in [1.54, 1.807) is 0 Å². The first-order chi connectivity index (χ1) is 29.5. The third-order valence-electron chi connectivity index (χ3n) is 12.1. The van der Waals surface area contributed by atoms with E-state index in [0.717, 1.165) is 45.0 Å². The SMILES string of the molecule is CC1(C)c2ccccc2-c2cc3c(cc21)Oc1c(cccc1-c1ccc(-c2nc(-c4ccccc4)nc(-c4ccc(-n5c6ccccc6c6ccccc65)cc4)n2)cc1)O3. The summed E-state index contributed by atoms with van der Waals surface area (Å²) in [7, 11) is 0. The van der Waals surface area contributed by atoms with Gasteiger partial charge in [-0.05, 0) is 82.4 Å². The summed E-state index contributed by atoms with van der Waals surface area (Å²) in [5.41, 5.74) is 12.9. The fourth-order valence-electron chi connectivity index (χ4n) is 9.13. The third kappa shape index (κ3) is 5.31. The molecule has 1 aliphatic carbocycles. The van der Waals surface area contributed by atoms with Gasteiger partial charge in [-0.1, -0.05) is 141 Å². The number of rotatable bonds is 5. The fraction of sp³-hybridized carbons (Fsp3) is 0.0556. The maximum Gasteiger partial charge on any atom is 0.177 e. The molecule has 0 spiro atoms. The molecule has 6 heteroatoms. The number of ether oxygens (including phenoxy) is 2. The lowest BCUT2D eigenvalue weighted by Crippen LogP contribution is -2.15. The van der Waals surface area contributed by atoms with Crippen molar-refractivity contribution in [2.45, 2.75) is 19.3 Å². The van der Waals surface area contributed by atoms with Gasteiger partial charge in [-0.3, -0.25) is 0 Å². The second-order valence-electron chi connectivity index (χ2n) is 16.0. The van der Waals surface area contributed by atoms with Gasteiger partial charge < -0.3 is 14.0 Å². The van der Waals surface area contributed by atoms with Crippen LogP contribution in [0.1, 0.15) is 25.0 Å². The van der Waals surface area contributed by atoms with Crippen molar-refractivity contribution >= 4 is 21.8 Å². The van der Waals surface area contributed by atoms with Crippen LogP contribution in [0.2, 0.25) is 0 Å². The normalized spacial score (nSPS) is 13.2. The highest BCUT2D eigenvalue weighted by Crippen LogP contribution is 2.56. The molecule has 1 aliphatic heterocycles. The highest BCUT2D eigenvalue weighted by atomic mass is 16.6. The molecule has 0 saturated carbocycles. The zero-order chi connectivity index (χ0) is 40.0. The lowest BCUT2D eigenvalue weighted by Gasteiger charge is -2.26. The van der Waals surface area contributed by atoms with E-state index in [1.165, 1.54) is 44.1 Å². The number of hydrogen-bond acceptors (Lipinski definition) is 5. The van der Waals surface area contributed by atoms with Crippen molar-refractivity contribution in [3.63, 3.8) is 0 Å². The Kier molecular flexibility index (Phi) is 7.47. The minimum Gasteiger partial charge on any atom is -0.449 e. The van der Waals surface area contributed by atoms with Crippen molar-refractivity contribution in [2.24, 2.45) is 0 Å². The predicted octanol–water partition coefficient (Wildman–Crippen LogP) is 13.8. The van der Waals surface area contributed by atoms with Crippen LogP contribution in [0.25, 0.3) is 83.9 Å². The summed E-state index contributed by atoms with van der Waals surface area (Å²) < 4.78 is 15.6. The van der Waals surface area contributed by atoms with Gasteiger partial charge in [0.15, 0.2) is 40.5 Å². The molecule has 2 aromatic heterocycles. The molecule has 0 bridgehead atoms. The summed E-state index contributed by atoms with van der Waals surface area (Å²) in [4.78, 5) is 15.1. The molecule has 0 unspecified atom stereocenters. The van der Waals surface area contributed by atoms with E-state index in [2.05, 4.69) is 158 Å². The van der Waals surface area contributed by atoms with Crippen molar-refractivity contribution in [1.82, 2.24) is 19.5 Å². The molecule has 60 heavy (non-hydrogen) atoms. The summed E-state index contributed by atoms with van der Waals surface area (Å²) in [6.45, 7) is 4.55. The second-order valence-corrected chi connectivity index (χ2v) is 16.0. The Labute approximate surface area is 347 Å². The van der Waals surface area contributed by atoms with Gasteiger partial charge in [-0.15, -0.1) is 0 Å². The standard InChI is InChI=1S/C54H36N4O2/c1-54(2)43-19-9-6-15-39(43)42-31-48-49(32-44(42)54)60-50-38(18-12-22-47(50)59-48)33-23-25-35(26-24-33)52-55-51(34-13-4-3-5-14-34)56-53(57-52)36-27-29-37(30-28-36)58-45-20-10-7-16-40(45)41-17-8-11-21-46(41)58/h3-32H,1-2H3. The van der Waals surface area contributed by atoms with E-state index < -0.39 is 0 Å². The van der Waals surface area contributed by atoms with Crippen molar-refractivity contribution < 1.29 is 9.47 Å². The maximum absolute atomic E-state index is 6.74. The van der Waals surface area contributed by atoms with Crippen LogP contribution < -0.4 is 9.47 Å². The molecule has 0 atom stereocenters. The van der Waals surface area contributed by atoms with Crippen LogP contribution in [-0.4, -0.2) is 19.5 Å². The van der Waals surface area contributed by atoms with Crippen LogP contribution in [-0.2, 0) is 5.41 Å². The van der Waals surface area contributed by atoms with Crippen molar-refractivity contribution in [3.8, 4) is 85.1 Å². The summed E-state index contributed by atoms with van der Waals surface area (Å²) in [5.74, 6) is 4.65. The maximum atomic E-state index is 6.74. The van der Waals surface area contributed by atoms with Gasteiger partial charge in [-0.2, -0.15) is 0 Å². The summed E-state index contributed by atoms with van der Waals surface area (Å²) in [6, 6.07) is 63.0. The van der Waals surface area contributed by atoms with Crippen molar-refractivity contribution in [2.75, 3.05) is 0 Å². The van der Waals surface area contributed by atoms with E-state index >= 15 is 0 Å². The molecule has 12 rings (SSSR count). The Balaban J connectivity index is 0.893. The van der Waals surface area contributed by atoms with E-state index in [9.17, 15) is 0 Å². The average Bonchev–Trinajstić information content (AvgIpc) is 3.75. The van der Waals surface area contributed by atoms with E-state index in [-0.39, 0.29) is 5.41 Å². The quantitative estimate of drug-likeness (QED) is 0.174. The number of aromatic nitrogens is 4. The number of para-hydroxylation sites is 3. The Morgan fingerprint density at radius 2 is 0.933 bits per heavy atom. The first-order valence-corrected chi connectivity index (χ1v) is 20.3. The largest absolute Gasteiger partial charge is 0.449 e. The van der Waals surface area contributed by atoms with E-state index in [1.807, 2.05) is 42.5 Å². The van der Waals surface area contributed by atoms with Crippen LogP contribution in [0, 0.1) is 0 Å². The monoisotopic (exact) mass is 772 g/mol. The van der Waals surface area contributed by atoms with Gasteiger partial charge >= 0.3 is 0 Å². The second kappa shape index (κ2) is 13.1. The van der Waals surface area contributed by atoms with E-state index in [0.29, 0.717) is 29.0 Å². The highest BCUT2D eigenvalue weighted by Gasteiger charge is 2.37. The molecule has 0 saturated heterocycles. The lowest BCUT2D eigenvalue weighted by atomic mass is 9.82. The minimum atomic E-state index is -0.147. The molecule has 0 fully saturated rings. The van der Waals surface area contributed by atoms with Gasteiger partial charge in [0, 0.05) is 44.1 Å². The number of nitrogens with zero attached hydrogens (tertiary/aromatic N) is 4. The fourth-order valence-corrected chi connectivity index (χ4v) is 9.13.